The molecule has 21 heavy (non-hydrogen) atoms. The molecule has 0 aliphatic rings. The lowest BCUT2D eigenvalue weighted by Gasteiger charge is -2.03. The minimum atomic E-state index is -0.418. The fraction of sp³-hybridized carbons (Fsp3) is 0.200. The largest absolute Gasteiger partial charge is 0.456 e. The van der Waals surface area contributed by atoms with Gasteiger partial charge in [-0.2, -0.15) is 0 Å². The van der Waals surface area contributed by atoms with Crippen molar-refractivity contribution in [3.8, 4) is 0 Å². The first kappa shape index (κ1) is 13.9. The fourth-order valence-corrected chi connectivity index (χ4v) is 2.77. The van der Waals surface area contributed by atoms with Crippen molar-refractivity contribution in [3.05, 3.63) is 51.4 Å². The maximum atomic E-state index is 12.2. The van der Waals surface area contributed by atoms with Gasteiger partial charge in [-0.15, -0.1) is 0 Å². The number of benzene rings is 1. The average molecular weight is 349 g/mol. The van der Waals surface area contributed by atoms with Crippen LogP contribution in [0.5, 0.6) is 0 Å². The molecule has 1 N–H and O–H groups in total. The van der Waals surface area contributed by atoms with E-state index in [0.29, 0.717) is 15.9 Å². The van der Waals surface area contributed by atoms with Crippen molar-refractivity contribution in [1.82, 2.24) is 10.1 Å². The topological polar surface area (TPSA) is 68.1 Å². The van der Waals surface area contributed by atoms with Gasteiger partial charge in [-0.05, 0) is 35.8 Å². The molecule has 0 amide bonds. The molecule has 0 aliphatic carbocycles. The average Bonchev–Trinajstić information content (AvgIpc) is 2.98. The van der Waals surface area contributed by atoms with Crippen LogP contribution in [0.15, 0.2) is 33.3 Å². The molecule has 108 valence electrons. The first-order valence-corrected chi connectivity index (χ1v) is 7.22. The highest BCUT2D eigenvalue weighted by Crippen LogP contribution is 2.28. The third-order valence-corrected chi connectivity index (χ3v) is 4.20. The second-order valence-electron chi connectivity index (χ2n) is 4.74. The minimum absolute atomic E-state index is 0.141. The molecule has 0 fully saturated rings. The Bertz CT molecular complexity index is 800. The highest BCUT2D eigenvalue weighted by molar-refractivity contribution is 9.10. The smallest absolute Gasteiger partial charge is 0.356 e. The van der Waals surface area contributed by atoms with Crippen LogP contribution in [0.1, 0.15) is 27.5 Å². The Kier molecular flexibility index (Phi) is 3.55. The molecule has 0 bridgehead atoms. The highest BCUT2D eigenvalue weighted by atomic mass is 79.9. The number of aryl methyl sites for hydroxylation is 2. The van der Waals surface area contributed by atoms with Crippen LogP contribution in [0.4, 0.5) is 0 Å². The van der Waals surface area contributed by atoms with Crippen LogP contribution < -0.4 is 0 Å². The number of hydrogen-bond acceptors (Lipinski definition) is 4. The van der Waals surface area contributed by atoms with Crippen molar-refractivity contribution in [2.75, 3.05) is 0 Å². The third-order valence-electron chi connectivity index (χ3n) is 3.38. The lowest BCUT2D eigenvalue weighted by Crippen LogP contribution is -2.07. The summed E-state index contributed by atoms with van der Waals surface area (Å²) >= 11 is 3.44. The molecule has 0 atom stereocenters. The summed E-state index contributed by atoms with van der Waals surface area (Å²) in [5.74, 6) is 0.245. The first-order valence-electron chi connectivity index (χ1n) is 6.43. The number of rotatable bonds is 3. The number of aromatic amines is 1. The van der Waals surface area contributed by atoms with Crippen molar-refractivity contribution in [1.29, 1.82) is 0 Å². The quantitative estimate of drug-likeness (QED) is 0.729. The van der Waals surface area contributed by atoms with Crippen molar-refractivity contribution >= 4 is 32.8 Å². The number of ether oxygens (including phenoxy) is 1. The molecular formula is C15H13BrN2O3. The minimum Gasteiger partial charge on any atom is -0.456 e. The third kappa shape index (κ3) is 2.47. The van der Waals surface area contributed by atoms with E-state index in [2.05, 4.69) is 26.1 Å². The van der Waals surface area contributed by atoms with Gasteiger partial charge in [-0.25, -0.2) is 4.79 Å². The Morgan fingerprint density at radius 1 is 1.38 bits per heavy atom. The molecule has 0 saturated carbocycles. The second kappa shape index (κ2) is 5.37. The van der Waals surface area contributed by atoms with Crippen LogP contribution in [0.2, 0.25) is 0 Å². The van der Waals surface area contributed by atoms with E-state index in [-0.39, 0.29) is 6.61 Å². The Morgan fingerprint density at radius 2 is 2.14 bits per heavy atom. The van der Waals surface area contributed by atoms with Gasteiger partial charge < -0.3 is 14.2 Å². The van der Waals surface area contributed by atoms with Crippen LogP contribution >= 0.6 is 15.9 Å². The van der Waals surface area contributed by atoms with Crippen molar-refractivity contribution < 1.29 is 14.1 Å². The van der Waals surface area contributed by atoms with Gasteiger partial charge in [0.1, 0.15) is 18.1 Å². The van der Waals surface area contributed by atoms with Gasteiger partial charge in [-0.1, -0.05) is 23.4 Å². The summed E-state index contributed by atoms with van der Waals surface area (Å²) in [7, 11) is 0. The van der Waals surface area contributed by atoms with Gasteiger partial charge in [0.25, 0.3) is 0 Å². The van der Waals surface area contributed by atoms with Gasteiger partial charge in [0.15, 0.2) is 0 Å². The zero-order valence-corrected chi connectivity index (χ0v) is 13.2. The van der Waals surface area contributed by atoms with Crippen LogP contribution in [0.25, 0.3) is 10.9 Å². The number of hydrogen-bond donors (Lipinski definition) is 1. The van der Waals surface area contributed by atoms with E-state index >= 15 is 0 Å². The number of aromatic nitrogens is 2. The van der Waals surface area contributed by atoms with E-state index in [4.69, 9.17) is 9.26 Å². The standard InChI is InChI=1S/C15H13BrN2O3/c1-8-11(9(2)21-18-8)7-20-15(19)14-13(16)10-5-3-4-6-12(10)17-14/h3-6,17H,7H2,1-2H3. The SMILES string of the molecule is Cc1noc(C)c1COC(=O)c1[nH]c2ccccc2c1Br. The maximum absolute atomic E-state index is 12.2. The monoisotopic (exact) mass is 348 g/mol. The molecule has 1 aromatic carbocycles. The number of carbonyl (C=O) groups excluding carboxylic acids is 1. The number of nitrogens with zero attached hydrogens (tertiary/aromatic N) is 1. The van der Waals surface area contributed by atoms with Gasteiger partial charge in [0.2, 0.25) is 0 Å². The number of nitrogens with one attached hydrogen (secondary N) is 1. The molecule has 0 saturated heterocycles. The van der Waals surface area contributed by atoms with E-state index in [1.807, 2.05) is 31.2 Å². The summed E-state index contributed by atoms with van der Waals surface area (Å²) in [5.41, 5.74) is 2.82. The molecule has 6 heteroatoms. The van der Waals surface area contributed by atoms with Crippen LogP contribution in [0.3, 0.4) is 0 Å². The van der Waals surface area contributed by atoms with E-state index in [0.717, 1.165) is 22.2 Å². The van der Waals surface area contributed by atoms with E-state index in [9.17, 15) is 4.79 Å². The summed E-state index contributed by atoms with van der Waals surface area (Å²) in [6.45, 7) is 3.75. The second-order valence-corrected chi connectivity index (χ2v) is 5.53. The highest BCUT2D eigenvalue weighted by Gasteiger charge is 2.18. The van der Waals surface area contributed by atoms with Crippen LogP contribution in [-0.4, -0.2) is 16.1 Å². The predicted octanol–water partition coefficient (Wildman–Crippen LogP) is 3.89. The van der Waals surface area contributed by atoms with Crippen molar-refractivity contribution in [3.63, 3.8) is 0 Å². The van der Waals surface area contributed by atoms with Gasteiger partial charge in [-0.3, -0.25) is 0 Å². The number of H-pyrrole nitrogens is 1. The normalized spacial score (nSPS) is 11.0. The molecule has 3 rings (SSSR count). The summed E-state index contributed by atoms with van der Waals surface area (Å²) in [6, 6.07) is 7.66. The van der Waals surface area contributed by atoms with E-state index in [1.165, 1.54) is 0 Å². The van der Waals surface area contributed by atoms with E-state index in [1.54, 1.807) is 6.92 Å². The lowest BCUT2D eigenvalue weighted by atomic mass is 10.2. The molecule has 0 spiro atoms. The Labute approximate surface area is 129 Å². The summed E-state index contributed by atoms with van der Waals surface area (Å²) < 4.78 is 11.1. The predicted molar refractivity (Wildman–Crippen MR) is 81.1 cm³/mol. The van der Waals surface area contributed by atoms with Gasteiger partial charge in [0.05, 0.1) is 15.7 Å². The summed E-state index contributed by atoms with van der Waals surface area (Å²) in [6.07, 6.45) is 0. The summed E-state index contributed by atoms with van der Waals surface area (Å²) in [5, 5.41) is 4.78. The Balaban J connectivity index is 1.83. The number of para-hydroxylation sites is 1. The zero-order chi connectivity index (χ0) is 15.0. The number of esters is 1. The van der Waals surface area contributed by atoms with Crippen molar-refractivity contribution in [2.24, 2.45) is 0 Å². The molecule has 5 nitrogen and oxygen atoms in total. The molecule has 2 heterocycles. The van der Waals surface area contributed by atoms with Gasteiger partial charge >= 0.3 is 5.97 Å². The number of halogens is 1. The number of fused-ring (bicyclic) bond motifs is 1. The fourth-order valence-electron chi connectivity index (χ4n) is 2.17. The summed E-state index contributed by atoms with van der Waals surface area (Å²) in [4.78, 5) is 15.3. The molecule has 0 unspecified atom stereocenters. The lowest BCUT2D eigenvalue weighted by molar-refractivity contribution is 0.0464. The molecule has 3 aromatic rings. The number of carbonyl (C=O) groups is 1. The zero-order valence-electron chi connectivity index (χ0n) is 11.6. The molecular weight excluding hydrogens is 336 g/mol. The van der Waals surface area contributed by atoms with Gasteiger partial charge in [0, 0.05) is 10.9 Å². The molecule has 0 aliphatic heterocycles. The first-order chi connectivity index (χ1) is 10.1. The molecule has 0 radical (unpaired) electrons. The molecule has 2 aromatic heterocycles. The maximum Gasteiger partial charge on any atom is 0.356 e. The van der Waals surface area contributed by atoms with E-state index < -0.39 is 5.97 Å². The Morgan fingerprint density at radius 3 is 2.81 bits per heavy atom. The Hall–Kier alpha value is -2.08. The van der Waals surface area contributed by atoms with Crippen LogP contribution in [-0.2, 0) is 11.3 Å². The van der Waals surface area contributed by atoms with Crippen molar-refractivity contribution in [2.45, 2.75) is 20.5 Å². The van der Waals surface area contributed by atoms with Crippen LogP contribution in [0, 0.1) is 13.8 Å².